The van der Waals surface area contributed by atoms with Gasteiger partial charge in [-0.1, -0.05) is 13.5 Å². The summed E-state index contributed by atoms with van der Waals surface area (Å²) in [5.41, 5.74) is -0.843. The SMILES string of the molecule is C=CC(=O)N(C)C(C)(CC)CP(=O)(O)O. The van der Waals surface area contributed by atoms with E-state index >= 15 is 0 Å². The van der Waals surface area contributed by atoms with E-state index in [9.17, 15) is 9.36 Å². The molecule has 15 heavy (non-hydrogen) atoms. The molecule has 0 saturated carbocycles. The van der Waals surface area contributed by atoms with E-state index in [-0.39, 0.29) is 12.1 Å². The Morgan fingerprint density at radius 1 is 1.60 bits per heavy atom. The minimum absolute atomic E-state index is 0.340. The van der Waals surface area contributed by atoms with Crippen LogP contribution in [-0.2, 0) is 9.36 Å². The fraction of sp³-hybridized carbons (Fsp3) is 0.667. The highest BCUT2D eigenvalue weighted by Crippen LogP contribution is 2.41. The molecule has 0 rings (SSSR count). The molecule has 0 bridgehead atoms. The second kappa shape index (κ2) is 4.92. The molecule has 1 atom stereocenters. The van der Waals surface area contributed by atoms with E-state index in [2.05, 4.69) is 6.58 Å². The third kappa shape index (κ3) is 4.16. The average molecular weight is 235 g/mol. The lowest BCUT2D eigenvalue weighted by Crippen LogP contribution is -2.48. The number of carbonyl (C=O) groups excluding carboxylic acids is 1. The Bertz CT molecular complexity index is 298. The molecule has 0 aliphatic rings. The van der Waals surface area contributed by atoms with Crippen LogP contribution in [0.5, 0.6) is 0 Å². The number of carbonyl (C=O) groups is 1. The van der Waals surface area contributed by atoms with Gasteiger partial charge in [-0.05, 0) is 19.4 Å². The molecule has 0 aromatic rings. The Kier molecular flexibility index (Phi) is 4.71. The van der Waals surface area contributed by atoms with Crippen LogP contribution < -0.4 is 0 Å². The van der Waals surface area contributed by atoms with Gasteiger partial charge >= 0.3 is 7.60 Å². The summed E-state index contributed by atoms with van der Waals surface area (Å²) in [5, 5.41) is 0. The van der Waals surface area contributed by atoms with Gasteiger partial charge in [0.05, 0.1) is 11.7 Å². The average Bonchev–Trinajstić information content (AvgIpc) is 2.12. The number of hydrogen-bond acceptors (Lipinski definition) is 2. The first-order valence-corrected chi connectivity index (χ1v) is 6.41. The summed E-state index contributed by atoms with van der Waals surface area (Å²) in [4.78, 5) is 30.5. The van der Waals surface area contributed by atoms with Gasteiger partial charge in [-0.3, -0.25) is 9.36 Å². The lowest BCUT2D eigenvalue weighted by atomic mass is 9.99. The third-order valence-corrected chi connectivity index (χ3v) is 3.72. The van der Waals surface area contributed by atoms with Gasteiger partial charge in [-0.25, -0.2) is 0 Å². The highest BCUT2D eigenvalue weighted by molar-refractivity contribution is 7.51. The number of amides is 1. The van der Waals surface area contributed by atoms with Crippen molar-refractivity contribution < 1.29 is 19.1 Å². The second-order valence-corrected chi connectivity index (χ2v) is 5.42. The summed E-state index contributed by atoms with van der Waals surface area (Å²) in [6.07, 6.45) is 1.26. The van der Waals surface area contributed by atoms with Crippen molar-refractivity contribution in [3.8, 4) is 0 Å². The molecule has 0 aliphatic carbocycles. The van der Waals surface area contributed by atoms with Crippen LogP contribution in [0.2, 0.25) is 0 Å². The van der Waals surface area contributed by atoms with Gasteiger partial charge in [0.1, 0.15) is 0 Å². The van der Waals surface area contributed by atoms with Crippen molar-refractivity contribution >= 4 is 13.5 Å². The van der Waals surface area contributed by atoms with Gasteiger partial charge in [0.25, 0.3) is 0 Å². The van der Waals surface area contributed by atoms with Crippen LogP contribution in [-0.4, -0.2) is 39.3 Å². The normalized spacial score (nSPS) is 15.5. The molecule has 5 nitrogen and oxygen atoms in total. The second-order valence-electron chi connectivity index (χ2n) is 3.77. The molecule has 6 heteroatoms. The predicted molar refractivity (Wildman–Crippen MR) is 58.6 cm³/mol. The highest BCUT2D eigenvalue weighted by atomic mass is 31.2. The topological polar surface area (TPSA) is 77.8 Å². The Hall–Kier alpha value is -0.640. The lowest BCUT2D eigenvalue weighted by molar-refractivity contribution is -0.129. The zero-order valence-electron chi connectivity index (χ0n) is 9.30. The van der Waals surface area contributed by atoms with Crippen LogP contribution in [0.3, 0.4) is 0 Å². The van der Waals surface area contributed by atoms with Crippen molar-refractivity contribution in [1.29, 1.82) is 0 Å². The largest absolute Gasteiger partial charge is 0.336 e. The van der Waals surface area contributed by atoms with E-state index < -0.39 is 13.1 Å². The van der Waals surface area contributed by atoms with Crippen LogP contribution in [0.25, 0.3) is 0 Å². The third-order valence-electron chi connectivity index (χ3n) is 2.62. The minimum Gasteiger partial charge on any atom is -0.336 e. The van der Waals surface area contributed by atoms with Crippen LogP contribution in [0.15, 0.2) is 12.7 Å². The van der Waals surface area contributed by atoms with E-state index in [0.29, 0.717) is 6.42 Å². The molecule has 0 spiro atoms. The number of rotatable bonds is 5. The maximum Gasteiger partial charge on any atom is 0.327 e. The van der Waals surface area contributed by atoms with Crippen molar-refractivity contribution in [1.82, 2.24) is 4.90 Å². The maximum absolute atomic E-state index is 11.4. The molecule has 0 fully saturated rings. The lowest BCUT2D eigenvalue weighted by Gasteiger charge is -2.37. The smallest absolute Gasteiger partial charge is 0.327 e. The van der Waals surface area contributed by atoms with Crippen molar-refractivity contribution in [3.63, 3.8) is 0 Å². The maximum atomic E-state index is 11.4. The minimum atomic E-state index is -4.14. The molecule has 0 aliphatic heterocycles. The zero-order chi connectivity index (χ0) is 12.3. The number of nitrogens with zero attached hydrogens (tertiary/aromatic N) is 1. The van der Waals surface area contributed by atoms with Gasteiger partial charge in [0.2, 0.25) is 5.91 Å². The van der Waals surface area contributed by atoms with Crippen LogP contribution >= 0.6 is 7.60 Å². The quantitative estimate of drug-likeness (QED) is 0.550. The first-order chi connectivity index (χ1) is 6.66. The molecule has 2 N–H and O–H groups in total. The summed E-state index contributed by atoms with van der Waals surface area (Å²) in [5.74, 6) is -0.340. The fourth-order valence-electron chi connectivity index (χ4n) is 1.30. The molecular formula is C9H18NO4P. The summed E-state index contributed by atoms with van der Waals surface area (Å²) in [6.45, 7) is 6.77. The van der Waals surface area contributed by atoms with Crippen LogP contribution in [0.4, 0.5) is 0 Å². The standard InChI is InChI=1S/C9H18NO4P/c1-5-8(11)10(4)9(3,6-2)7-15(12,13)14/h5H,1,6-7H2,2-4H3,(H2,12,13,14). The Balaban J connectivity index is 4.92. The van der Waals surface area contributed by atoms with Gasteiger partial charge in [0, 0.05) is 7.05 Å². The highest BCUT2D eigenvalue weighted by Gasteiger charge is 2.36. The Morgan fingerprint density at radius 2 is 2.07 bits per heavy atom. The summed E-state index contributed by atoms with van der Waals surface area (Å²) in [6, 6.07) is 0. The molecule has 1 amide bonds. The summed E-state index contributed by atoms with van der Waals surface area (Å²) >= 11 is 0. The first-order valence-electron chi connectivity index (χ1n) is 4.61. The van der Waals surface area contributed by atoms with Crippen molar-refractivity contribution in [2.24, 2.45) is 0 Å². The molecule has 1 unspecified atom stereocenters. The van der Waals surface area contributed by atoms with Gasteiger partial charge in [-0.15, -0.1) is 0 Å². The first kappa shape index (κ1) is 14.4. The van der Waals surface area contributed by atoms with Crippen molar-refractivity contribution in [2.75, 3.05) is 13.2 Å². The molecule has 0 aromatic carbocycles. The van der Waals surface area contributed by atoms with Crippen molar-refractivity contribution in [3.05, 3.63) is 12.7 Å². The Labute approximate surface area is 89.9 Å². The van der Waals surface area contributed by atoms with E-state index in [1.54, 1.807) is 13.8 Å². The Morgan fingerprint density at radius 3 is 2.33 bits per heavy atom. The monoisotopic (exact) mass is 235 g/mol. The molecule has 0 heterocycles. The van der Waals surface area contributed by atoms with E-state index in [1.807, 2.05) is 0 Å². The molecule has 88 valence electrons. The molecule has 0 radical (unpaired) electrons. The molecular weight excluding hydrogens is 217 g/mol. The summed E-state index contributed by atoms with van der Waals surface area (Å²) < 4.78 is 11.0. The van der Waals surface area contributed by atoms with E-state index in [1.165, 1.54) is 11.9 Å². The molecule has 0 saturated heterocycles. The zero-order valence-corrected chi connectivity index (χ0v) is 10.2. The van der Waals surface area contributed by atoms with E-state index in [0.717, 1.165) is 6.08 Å². The van der Waals surface area contributed by atoms with Gasteiger partial charge < -0.3 is 14.7 Å². The number of likely N-dealkylation sites (N-methyl/N-ethyl adjacent to an activating group) is 1. The van der Waals surface area contributed by atoms with Crippen LogP contribution in [0.1, 0.15) is 20.3 Å². The fourth-order valence-corrected chi connectivity index (χ4v) is 2.62. The van der Waals surface area contributed by atoms with Gasteiger partial charge in [0.15, 0.2) is 0 Å². The molecule has 0 aromatic heterocycles. The van der Waals surface area contributed by atoms with E-state index in [4.69, 9.17) is 9.79 Å². The summed E-state index contributed by atoms with van der Waals surface area (Å²) in [7, 11) is -2.62. The van der Waals surface area contributed by atoms with Gasteiger partial charge in [-0.2, -0.15) is 0 Å². The van der Waals surface area contributed by atoms with Crippen molar-refractivity contribution in [2.45, 2.75) is 25.8 Å². The predicted octanol–water partition coefficient (Wildman–Crippen LogP) is 0.977. The number of hydrogen-bond donors (Lipinski definition) is 2. The van der Waals surface area contributed by atoms with Crippen LogP contribution in [0, 0.1) is 0 Å².